The number of amides is 1. The second-order valence-electron chi connectivity index (χ2n) is 6.59. The number of carbonyl (C=O) groups excluding carboxylic acids is 1. The van der Waals surface area contributed by atoms with Gasteiger partial charge in [0, 0.05) is 30.1 Å². The van der Waals surface area contributed by atoms with Crippen molar-refractivity contribution < 1.29 is 4.79 Å². The third-order valence-corrected chi connectivity index (χ3v) is 4.98. The van der Waals surface area contributed by atoms with Crippen LogP contribution in [0.1, 0.15) is 36.2 Å². The second-order valence-corrected chi connectivity index (χ2v) is 7.02. The molecular weight excluding hydrogens is 360 g/mol. The van der Waals surface area contributed by atoms with E-state index >= 15 is 0 Å². The number of aryl methyl sites for hydroxylation is 1. The Balaban J connectivity index is 1.68. The van der Waals surface area contributed by atoms with E-state index in [9.17, 15) is 4.79 Å². The van der Waals surface area contributed by atoms with Crippen LogP contribution in [0.3, 0.4) is 0 Å². The molecule has 0 fully saturated rings. The molecule has 4 rings (SSSR count). The van der Waals surface area contributed by atoms with Gasteiger partial charge in [-0.25, -0.2) is 9.69 Å². The van der Waals surface area contributed by atoms with Crippen LogP contribution in [0.25, 0.3) is 5.69 Å². The normalized spacial score (nSPS) is 16.5. The van der Waals surface area contributed by atoms with E-state index in [4.69, 9.17) is 11.6 Å². The molecule has 1 aromatic heterocycles. The molecule has 1 amide bonds. The minimum absolute atomic E-state index is 0.0872. The predicted molar refractivity (Wildman–Crippen MR) is 106 cm³/mol. The first-order valence-corrected chi connectivity index (χ1v) is 9.15. The summed E-state index contributed by atoms with van der Waals surface area (Å²) in [4.78, 5) is 12.2. The van der Waals surface area contributed by atoms with Crippen molar-refractivity contribution in [3.05, 3.63) is 82.6 Å². The lowest BCUT2D eigenvalue weighted by molar-refractivity contribution is -0.130. The number of aromatic nitrogens is 2. The van der Waals surface area contributed by atoms with Gasteiger partial charge < -0.3 is 0 Å². The lowest BCUT2D eigenvalue weighted by atomic mass is 9.99. The van der Waals surface area contributed by atoms with Crippen molar-refractivity contribution in [3.63, 3.8) is 0 Å². The molecule has 0 unspecified atom stereocenters. The molecule has 1 aliphatic heterocycles. The SMILES string of the molecule is CC(=O)N1N=C(c2ccc(Cl)cc2)C[C@H]1c1cn(-c2ccccc2)nc1C. The molecule has 0 radical (unpaired) electrons. The fourth-order valence-electron chi connectivity index (χ4n) is 3.37. The summed E-state index contributed by atoms with van der Waals surface area (Å²) in [5, 5.41) is 11.5. The van der Waals surface area contributed by atoms with E-state index in [1.54, 1.807) is 5.01 Å². The number of nitrogens with zero attached hydrogens (tertiary/aromatic N) is 4. The standard InChI is InChI=1S/C21H19ClN4O/c1-14-19(13-25(23-14)18-6-4-3-5-7-18)21-12-20(24-26(21)15(2)27)16-8-10-17(22)11-9-16/h3-11,13,21H,12H2,1-2H3/t21-/m0/s1. The Morgan fingerprint density at radius 2 is 1.81 bits per heavy atom. The Morgan fingerprint density at radius 1 is 1.11 bits per heavy atom. The second kappa shape index (κ2) is 7.00. The number of benzene rings is 2. The average Bonchev–Trinajstić information content (AvgIpc) is 3.27. The highest BCUT2D eigenvalue weighted by molar-refractivity contribution is 6.30. The van der Waals surface area contributed by atoms with E-state index in [0.717, 1.165) is 28.2 Å². The fraction of sp³-hybridized carbons (Fsp3) is 0.190. The smallest absolute Gasteiger partial charge is 0.240 e. The first-order valence-electron chi connectivity index (χ1n) is 8.78. The maximum Gasteiger partial charge on any atom is 0.240 e. The van der Waals surface area contributed by atoms with Gasteiger partial charge in [-0.2, -0.15) is 10.2 Å². The van der Waals surface area contributed by atoms with Crippen LogP contribution in [-0.2, 0) is 4.79 Å². The molecular formula is C21H19ClN4O. The van der Waals surface area contributed by atoms with E-state index in [0.29, 0.717) is 11.4 Å². The topological polar surface area (TPSA) is 50.5 Å². The summed E-state index contributed by atoms with van der Waals surface area (Å²) in [6.07, 6.45) is 2.63. The Morgan fingerprint density at radius 3 is 2.48 bits per heavy atom. The third-order valence-electron chi connectivity index (χ3n) is 4.73. The maximum atomic E-state index is 12.2. The predicted octanol–water partition coefficient (Wildman–Crippen LogP) is 4.53. The number of carbonyl (C=O) groups is 1. The molecule has 136 valence electrons. The van der Waals surface area contributed by atoms with Gasteiger partial charge in [0.05, 0.1) is 23.1 Å². The van der Waals surface area contributed by atoms with Gasteiger partial charge >= 0.3 is 0 Å². The minimum Gasteiger partial charge on any atom is -0.273 e. The van der Waals surface area contributed by atoms with E-state index in [1.807, 2.05) is 72.4 Å². The zero-order chi connectivity index (χ0) is 19.0. The number of rotatable bonds is 3. The van der Waals surface area contributed by atoms with E-state index < -0.39 is 0 Å². The fourth-order valence-corrected chi connectivity index (χ4v) is 3.50. The Hall–Kier alpha value is -2.92. The van der Waals surface area contributed by atoms with Crippen LogP contribution in [-0.4, -0.2) is 26.4 Å². The van der Waals surface area contributed by atoms with Gasteiger partial charge in [0.1, 0.15) is 0 Å². The van der Waals surface area contributed by atoms with Crippen molar-refractivity contribution in [3.8, 4) is 5.69 Å². The lowest BCUT2D eigenvalue weighted by Gasteiger charge is -2.19. The Bertz CT molecular complexity index is 1010. The van der Waals surface area contributed by atoms with Crippen molar-refractivity contribution in [1.82, 2.24) is 14.8 Å². The number of hydrazone groups is 1. The molecule has 0 saturated carbocycles. The summed E-state index contributed by atoms with van der Waals surface area (Å²) in [7, 11) is 0. The molecule has 3 aromatic rings. The van der Waals surface area contributed by atoms with E-state index in [1.165, 1.54) is 6.92 Å². The molecule has 1 atom stereocenters. The number of para-hydroxylation sites is 1. The number of hydrogen-bond donors (Lipinski definition) is 0. The van der Waals surface area contributed by atoms with Crippen LogP contribution in [0.2, 0.25) is 5.02 Å². The molecule has 0 spiro atoms. The zero-order valence-corrected chi connectivity index (χ0v) is 15.9. The van der Waals surface area contributed by atoms with Gasteiger partial charge in [0.2, 0.25) is 5.91 Å². The van der Waals surface area contributed by atoms with Gasteiger partial charge in [0.25, 0.3) is 0 Å². The molecule has 0 saturated heterocycles. The molecule has 0 N–H and O–H groups in total. The summed E-state index contributed by atoms with van der Waals surface area (Å²) in [5.41, 5.74) is 4.72. The van der Waals surface area contributed by atoms with Crippen LogP contribution in [0, 0.1) is 6.92 Å². The minimum atomic E-state index is -0.161. The molecule has 0 aliphatic carbocycles. The van der Waals surface area contributed by atoms with Gasteiger partial charge in [-0.1, -0.05) is 41.9 Å². The molecule has 27 heavy (non-hydrogen) atoms. The van der Waals surface area contributed by atoms with Crippen LogP contribution in [0.15, 0.2) is 65.9 Å². The summed E-state index contributed by atoms with van der Waals surface area (Å²) < 4.78 is 1.85. The van der Waals surface area contributed by atoms with Gasteiger partial charge in [-0.05, 0) is 36.8 Å². The first-order chi connectivity index (χ1) is 13.0. The molecule has 5 nitrogen and oxygen atoms in total. The third kappa shape index (κ3) is 3.38. The van der Waals surface area contributed by atoms with Crippen LogP contribution in [0.4, 0.5) is 0 Å². The highest BCUT2D eigenvalue weighted by atomic mass is 35.5. The monoisotopic (exact) mass is 378 g/mol. The highest BCUT2D eigenvalue weighted by Crippen LogP contribution is 2.34. The van der Waals surface area contributed by atoms with Crippen molar-refractivity contribution >= 4 is 23.2 Å². The summed E-state index contributed by atoms with van der Waals surface area (Å²) in [5.74, 6) is -0.0872. The summed E-state index contributed by atoms with van der Waals surface area (Å²) >= 11 is 5.99. The van der Waals surface area contributed by atoms with E-state index in [-0.39, 0.29) is 11.9 Å². The number of hydrogen-bond acceptors (Lipinski definition) is 3. The van der Waals surface area contributed by atoms with Crippen molar-refractivity contribution in [2.45, 2.75) is 26.3 Å². The van der Waals surface area contributed by atoms with Crippen LogP contribution >= 0.6 is 11.6 Å². The summed E-state index contributed by atoms with van der Waals surface area (Å²) in [6.45, 7) is 3.51. The van der Waals surface area contributed by atoms with Crippen LogP contribution < -0.4 is 0 Å². The maximum absolute atomic E-state index is 12.2. The van der Waals surface area contributed by atoms with E-state index in [2.05, 4.69) is 10.2 Å². The van der Waals surface area contributed by atoms with Crippen molar-refractivity contribution in [2.24, 2.45) is 5.10 Å². The lowest BCUT2D eigenvalue weighted by Crippen LogP contribution is -2.24. The molecule has 2 heterocycles. The molecule has 2 aromatic carbocycles. The van der Waals surface area contributed by atoms with Crippen molar-refractivity contribution in [2.75, 3.05) is 0 Å². The average molecular weight is 379 g/mol. The van der Waals surface area contributed by atoms with Gasteiger partial charge in [-0.15, -0.1) is 0 Å². The Labute approximate surface area is 162 Å². The quantitative estimate of drug-likeness (QED) is 0.672. The van der Waals surface area contributed by atoms with Crippen molar-refractivity contribution in [1.29, 1.82) is 0 Å². The van der Waals surface area contributed by atoms with Gasteiger partial charge in [0.15, 0.2) is 0 Å². The highest BCUT2D eigenvalue weighted by Gasteiger charge is 2.33. The van der Waals surface area contributed by atoms with Crippen LogP contribution in [0.5, 0.6) is 0 Å². The molecule has 1 aliphatic rings. The Kier molecular flexibility index (Phi) is 4.54. The summed E-state index contributed by atoms with van der Waals surface area (Å²) in [6, 6.07) is 17.3. The first kappa shape index (κ1) is 17.5. The number of halogens is 1. The zero-order valence-electron chi connectivity index (χ0n) is 15.1. The van der Waals surface area contributed by atoms with Gasteiger partial charge in [-0.3, -0.25) is 4.79 Å². The molecule has 6 heteroatoms. The largest absolute Gasteiger partial charge is 0.273 e. The molecule has 0 bridgehead atoms.